The van der Waals surface area contributed by atoms with E-state index in [1.54, 1.807) is 17.0 Å². The van der Waals surface area contributed by atoms with E-state index in [1.807, 2.05) is 42.5 Å². The molecule has 4 aromatic carbocycles. The van der Waals surface area contributed by atoms with Gasteiger partial charge < -0.3 is 14.7 Å². The van der Waals surface area contributed by atoms with E-state index >= 15 is 0 Å². The first kappa shape index (κ1) is 27.6. The number of ether oxygens (including phenoxy) is 1. The molecule has 1 aliphatic rings. The first-order valence-electron chi connectivity index (χ1n) is 12.9. The van der Waals surface area contributed by atoms with Crippen LogP contribution in [-0.4, -0.2) is 47.7 Å². The van der Waals surface area contributed by atoms with Crippen molar-refractivity contribution in [2.24, 2.45) is 5.10 Å². The lowest BCUT2D eigenvalue weighted by atomic mass is 9.99. The van der Waals surface area contributed by atoms with Crippen LogP contribution in [-0.2, 0) is 4.79 Å². The standard InChI is InChI=1S/C32H25BrN4O4/c33-26-9-5-21(6-10-26)22-13-15-37(16-14-22)31(39)20-41-30-12-8-24(27-3-1-2-4-28(27)30)19-35-36-32(40)23-7-11-29(38)25(17-23)18-34/h1-13,17,19,38H,14-16,20H2,(H,36,40)/b35-19+. The molecule has 8 nitrogen and oxygen atoms in total. The molecule has 2 N–H and O–H groups in total. The highest BCUT2D eigenvalue weighted by Gasteiger charge is 2.19. The summed E-state index contributed by atoms with van der Waals surface area (Å²) in [5, 5.41) is 24.4. The van der Waals surface area contributed by atoms with E-state index in [4.69, 9.17) is 10.00 Å². The molecule has 0 aromatic heterocycles. The number of nitriles is 1. The molecule has 0 unspecified atom stereocenters. The topological polar surface area (TPSA) is 115 Å². The molecule has 5 rings (SSSR count). The summed E-state index contributed by atoms with van der Waals surface area (Å²) in [5.74, 6) is -0.215. The van der Waals surface area contributed by atoms with E-state index in [1.165, 1.54) is 35.6 Å². The molecule has 0 atom stereocenters. The number of benzene rings is 4. The second-order valence-electron chi connectivity index (χ2n) is 9.36. The summed E-state index contributed by atoms with van der Waals surface area (Å²) < 4.78 is 7.00. The lowest BCUT2D eigenvalue weighted by molar-refractivity contribution is -0.132. The number of nitrogens with zero attached hydrogens (tertiary/aromatic N) is 3. The van der Waals surface area contributed by atoms with Crippen molar-refractivity contribution in [1.29, 1.82) is 5.26 Å². The van der Waals surface area contributed by atoms with E-state index in [0.29, 0.717) is 18.8 Å². The van der Waals surface area contributed by atoms with E-state index in [9.17, 15) is 14.7 Å². The number of aromatic hydroxyl groups is 1. The summed E-state index contributed by atoms with van der Waals surface area (Å²) in [7, 11) is 0. The smallest absolute Gasteiger partial charge is 0.271 e. The van der Waals surface area contributed by atoms with Crippen molar-refractivity contribution >= 4 is 50.3 Å². The number of phenolic OH excluding ortho intramolecular Hbond substituents is 1. The van der Waals surface area contributed by atoms with Gasteiger partial charge >= 0.3 is 0 Å². The zero-order valence-electron chi connectivity index (χ0n) is 21.9. The van der Waals surface area contributed by atoms with Gasteiger partial charge in [-0.2, -0.15) is 10.4 Å². The number of carbonyl (C=O) groups excluding carboxylic acids is 2. The molecule has 1 aliphatic heterocycles. The maximum absolute atomic E-state index is 12.9. The molecular weight excluding hydrogens is 584 g/mol. The van der Waals surface area contributed by atoms with Crippen LogP contribution in [0.3, 0.4) is 0 Å². The van der Waals surface area contributed by atoms with Gasteiger partial charge in [0.05, 0.1) is 11.8 Å². The minimum absolute atomic E-state index is 0.00362. The summed E-state index contributed by atoms with van der Waals surface area (Å²) in [5.41, 5.74) is 5.78. The summed E-state index contributed by atoms with van der Waals surface area (Å²) >= 11 is 3.46. The van der Waals surface area contributed by atoms with E-state index < -0.39 is 5.91 Å². The van der Waals surface area contributed by atoms with Crippen LogP contribution in [0.15, 0.2) is 94.5 Å². The number of carbonyl (C=O) groups is 2. The monoisotopic (exact) mass is 608 g/mol. The third-order valence-corrected chi connectivity index (χ3v) is 7.32. The van der Waals surface area contributed by atoms with Crippen molar-refractivity contribution < 1.29 is 19.4 Å². The first-order valence-corrected chi connectivity index (χ1v) is 13.7. The number of rotatable bonds is 7. The molecular formula is C32H25BrN4O4. The van der Waals surface area contributed by atoms with Gasteiger partial charge in [-0.1, -0.05) is 58.4 Å². The van der Waals surface area contributed by atoms with Gasteiger partial charge in [-0.05, 0) is 65.4 Å². The van der Waals surface area contributed by atoms with Crippen LogP contribution in [0.25, 0.3) is 16.3 Å². The van der Waals surface area contributed by atoms with E-state index in [-0.39, 0.29) is 29.4 Å². The molecule has 0 radical (unpaired) electrons. The van der Waals surface area contributed by atoms with E-state index in [0.717, 1.165) is 27.2 Å². The first-order chi connectivity index (χ1) is 19.9. The van der Waals surface area contributed by atoms with E-state index in [2.05, 4.69) is 44.7 Å². The number of phenols is 1. The molecule has 1 heterocycles. The van der Waals surface area contributed by atoms with Gasteiger partial charge in [-0.3, -0.25) is 9.59 Å². The van der Waals surface area contributed by atoms with Crippen LogP contribution >= 0.6 is 15.9 Å². The fourth-order valence-electron chi connectivity index (χ4n) is 4.58. The number of amides is 2. The average molecular weight is 609 g/mol. The van der Waals surface area contributed by atoms with Gasteiger partial charge in [0.2, 0.25) is 0 Å². The lowest BCUT2D eigenvalue weighted by Gasteiger charge is -2.27. The SMILES string of the molecule is N#Cc1cc(C(=O)N/N=C/c2ccc(OCC(=O)N3CC=C(c4ccc(Br)cc4)CC3)c3ccccc23)ccc1O. The second-order valence-corrected chi connectivity index (χ2v) is 10.3. The Balaban J connectivity index is 1.22. The predicted molar refractivity (Wildman–Crippen MR) is 161 cm³/mol. The summed E-state index contributed by atoms with van der Waals surface area (Å²) in [6.45, 7) is 1.09. The number of hydrogen-bond acceptors (Lipinski definition) is 6. The molecule has 4 aromatic rings. The van der Waals surface area contributed by atoms with Crippen molar-refractivity contribution in [1.82, 2.24) is 10.3 Å². The van der Waals surface area contributed by atoms with Crippen molar-refractivity contribution in [3.8, 4) is 17.6 Å². The largest absolute Gasteiger partial charge is 0.507 e. The van der Waals surface area contributed by atoms with Crippen LogP contribution in [0.2, 0.25) is 0 Å². The summed E-state index contributed by atoms with van der Waals surface area (Å²) in [6, 6.07) is 25.2. The second kappa shape index (κ2) is 12.5. The third-order valence-electron chi connectivity index (χ3n) is 6.79. The fraction of sp³-hybridized carbons (Fsp3) is 0.125. The Labute approximate surface area is 245 Å². The third kappa shape index (κ3) is 6.45. The summed E-state index contributed by atoms with van der Waals surface area (Å²) in [4.78, 5) is 27.1. The molecule has 0 bridgehead atoms. The van der Waals surface area contributed by atoms with Crippen LogP contribution in [0.4, 0.5) is 0 Å². The Morgan fingerprint density at radius 1 is 1.07 bits per heavy atom. The molecule has 0 aliphatic carbocycles. The van der Waals surface area contributed by atoms with Crippen molar-refractivity contribution in [2.45, 2.75) is 6.42 Å². The maximum atomic E-state index is 12.9. The van der Waals surface area contributed by atoms with Crippen LogP contribution in [0.5, 0.6) is 11.5 Å². The molecule has 41 heavy (non-hydrogen) atoms. The number of fused-ring (bicyclic) bond motifs is 1. The Morgan fingerprint density at radius 3 is 2.59 bits per heavy atom. The Kier molecular flexibility index (Phi) is 8.42. The zero-order valence-corrected chi connectivity index (χ0v) is 23.5. The zero-order chi connectivity index (χ0) is 28.8. The Hall–Kier alpha value is -4.94. The van der Waals surface area contributed by atoms with Crippen LogP contribution < -0.4 is 10.2 Å². The van der Waals surface area contributed by atoms with Gasteiger partial charge in [-0.15, -0.1) is 0 Å². The van der Waals surface area contributed by atoms with Crippen molar-refractivity contribution in [3.63, 3.8) is 0 Å². The normalized spacial score (nSPS) is 13.1. The molecule has 9 heteroatoms. The molecule has 0 spiro atoms. The lowest BCUT2D eigenvalue weighted by Crippen LogP contribution is -2.37. The number of halogens is 1. The molecule has 0 saturated heterocycles. The van der Waals surface area contributed by atoms with Crippen molar-refractivity contribution in [2.75, 3.05) is 19.7 Å². The maximum Gasteiger partial charge on any atom is 0.271 e. The minimum atomic E-state index is -0.517. The minimum Gasteiger partial charge on any atom is -0.507 e. The molecule has 0 fully saturated rings. The Bertz CT molecular complexity index is 1720. The number of hydrazone groups is 1. The molecule has 204 valence electrons. The summed E-state index contributed by atoms with van der Waals surface area (Å²) in [6.07, 6.45) is 4.40. The predicted octanol–water partition coefficient (Wildman–Crippen LogP) is 5.64. The fourth-order valence-corrected chi connectivity index (χ4v) is 4.84. The quantitative estimate of drug-likeness (QED) is 0.208. The van der Waals surface area contributed by atoms with Gasteiger partial charge in [0.1, 0.15) is 17.6 Å². The number of hydrogen-bond donors (Lipinski definition) is 2. The molecule has 0 saturated carbocycles. The van der Waals surface area contributed by atoms with Crippen LogP contribution in [0, 0.1) is 11.3 Å². The highest BCUT2D eigenvalue weighted by atomic mass is 79.9. The van der Waals surface area contributed by atoms with Gasteiger partial charge in [0.25, 0.3) is 11.8 Å². The highest BCUT2D eigenvalue weighted by Crippen LogP contribution is 2.29. The van der Waals surface area contributed by atoms with Gasteiger partial charge in [0, 0.05) is 34.1 Å². The van der Waals surface area contributed by atoms with Gasteiger partial charge in [0.15, 0.2) is 6.61 Å². The number of nitrogens with one attached hydrogen (secondary N) is 1. The van der Waals surface area contributed by atoms with Crippen molar-refractivity contribution in [3.05, 3.63) is 112 Å². The average Bonchev–Trinajstić information content (AvgIpc) is 3.01. The Morgan fingerprint density at radius 2 is 1.85 bits per heavy atom. The highest BCUT2D eigenvalue weighted by molar-refractivity contribution is 9.10. The van der Waals surface area contributed by atoms with Crippen LogP contribution in [0.1, 0.15) is 33.5 Å². The molecule has 2 amide bonds. The van der Waals surface area contributed by atoms with Gasteiger partial charge in [-0.25, -0.2) is 5.43 Å².